The van der Waals surface area contributed by atoms with Gasteiger partial charge in [0.2, 0.25) is 0 Å². The van der Waals surface area contributed by atoms with Gasteiger partial charge >= 0.3 is 0 Å². The van der Waals surface area contributed by atoms with Crippen molar-refractivity contribution in [3.63, 3.8) is 0 Å². The summed E-state index contributed by atoms with van der Waals surface area (Å²) in [6, 6.07) is 4.49. The Labute approximate surface area is 80.2 Å². The smallest absolute Gasteiger partial charge is 0.0440 e. The highest BCUT2D eigenvalue weighted by Gasteiger charge is 2.25. The van der Waals surface area contributed by atoms with Gasteiger partial charge in [-0.3, -0.25) is 4.98 Å². The Morgan fingerprint density at radius 3 is 2.54 bits per heavy atom. The number of rotatable bonds is 2. The van der Waals surface area contributed by atoms with Gasteiger partial charge in [-0.25, -0.2) is 0 Å². The molecule has 0 atom stereocenters. The molecule has 1 aromatic rings. The van der Waals surface area contributed by atoms with E-state index in [4.69, 9.17) is 0 Å². The van der Waals surface area contributed by atoms with Crippen LogP contribution in [0.5, 0.6) is 0 Å². The third-order valence-electron chi connectivity index (χ3n) is 2.66. The maximum atomic E-state index is 4.58. The molecule has 1 heterocycles. The molecule has 0 N–H and O–H groups in total. The molecule has 1 aromatic heterocycles. The zero-order valence-corrected chi connectivity index (χ0v) is 8.67. The summed E-state index contributed by atoms with van der Waals surface area (Å²) >= 11 is 0. The molecule has 0 unspecified atom stereocenters. The minimum atomic E-state index is 0.624. The van der Waals surface area contributed by atoms with E-state index >= 15 is 0 Å². The van der Waals surface area contributed by atoms with Crippen molar-refractivity contribution in [1.82, 2.24) is 4.98 Å². The highest BCUT2D eigenvalue weighted by atomic mass is 14.7. The molecule has 0 amide bonds. The number of nitrogens with zero attached hydrogens (tertiary/aromatic N) is 1. The van der Waals surface area contributed by atoms with Gasteiger partial charge in [-0.15, -0.1) is 0 Å². The zero-order chi connectivity index (χ0) is 9.42. The zero-order valence-electron chi connectivity index (χ0n) is 8.67. The maximum Gasteiger partial charge on any atom is 0.0440 e. The molecule has 0 bridgehead atoms. The van der Waals surface area contributed by atoms with Crippen molar-refractivity contribution >= 4 is 0 Å². The molecule has 2 rings (SSSR count). The predicted octanol–water partition coefficient (Wildman–Crippen LogP) is 3.39. The van der Waals surface area contributed by atoms with E-state index in [1.54, 1.807) is 0 Å². The lowest BCUT2D eigenvalue weighted by Crippen LogP contribution is -1.95. The van der Waals surface area contributed by atoms with Crippen LogP contribution in [0.2, 0.25) is 0 Å². The molecule has 1 fully saturated rings. The molecular weight excluding hydrogens is 158 g/mol. The second-order valence-corrected chi connectivity index (χ2v) is 4.40. The lowest BCUT2D eigenvalue weighted by Gasteiger charge is -2.08. The summed E-state index contributed by atoms with van der Waals surface area (Å²) in [6.45, 7) is 6.58. The first-order valence-corrected chi connectivity index (χ1v) is 5.15. The van der Waals surface area contributed by atoms with E-state index in [0.29, 0.717) is 5.92 Å². The number of aryl methyl sites for hydroxylation is 1. The second-order valence-electron chi connectivity index (χ2n) is 4.40. The average Bonchev–Trinajstić information content (AvgIpc) is 2.85. The molecule has 70 valence electrons. The van der Waals surface area contributed by atoms with Gasteiger partial charge in [-0.1, -0.05) is 13.8 Å². The molecular formula is C12H17N. The van der Waals surface area contributed by atoms with E-state index in [2.05, 4.69) is 37.9 Å². The van der Waals surface area contributed by atoms with E-state index in [-0.39, 0.29) is 0 Å². The van der Waals surface area contributed by atoms with Crippen LogP contribution in [-0.2, 0) is 0 Å². The number of hydrogen-bond acceptors (Lipinski definition) is 1. The first-order chi connectivity index (χ1) is 6.16. The first kappa shape index (κ1) is 8.74. The Hall–Kier alpha value is -0.850. The van der Waals surface area contributed by atoms with Crippen LogP contribution in [-0.4, -0.2) is 4.98 Å². The lowest BCUT2D eigenvalue weighted by molar-refractivity contribution is 0.846. The van der Waals surface area contributed by atoms with Crippen LogP contribution >= 0.6 is 0 Å². The van der Waals surface area contributed by atoms with Gasteiger partial charge in [0.05, 0.1) is 0 Å². The van der Waals surface area contributed by atoms with Crippen LogP contribution in [0, 0.1) is 6.92 Å². The third-order valence-corrected chi connectivity index (χ3v) is 2.66. The van der Waals surface area contributed by atoms with Crippen molar-refractivity contribution in [1.29, 1.82) is 0 Å². The van der Waals surface area contributed by atoms with Crippen molar-refractivity contribution in [2.24, 2.45) is 0 Å². The van der Waals surface area contributed by atoms with E-state index < -0.39 is 0 Å². The average molecular weight is 175 g/mol. The molecule has 0 spiro atoms. The standard InChI is InChI=1S/C12H17N/c1-8(2)11-6-9(3)13-12(7-11)10-4-5-10/h6-8,10H,4-5H2,1-3H3. The van der Waals surface area contributed by atoms with Gasteiger partial charge in [-0.2, -0.15) is 0 Å². The summed E-state index contributed by atoms with van der Waals surface area (Å²) in [5, 5.41) is 0. The quantitative estimate of drug-likeness (QED) is 0.671. The fourth-order valence-electron chi connectivity index (χ4n) is 1.64. The monoisotopic (exact) mass is 175 g/mol. The van der Waals surface area contributed by atoms with Crippen LogP contribution in [0.3, 0.4) is 0 Å². The van der Waals surface area contributed by atoms with E-state index in [1.165, 1.54) is 29.8 Å². The minimum absolute atomic E-state index is 0.624. The van der Waals surface area contributed by atoms with Crippen molar-refractivity contribution in [3.05, 3.63) is 29.1 Å². The molecule has 1 nitrogen and oxygen atoms in total. The van der Waals surface area contributed by atoms with E-state index in [0.717, 1.165) is 5.92 Å². The highest BCUT2D eigenvalue weighted by molar-refractivity contribution is 5.27. The van der Waals surface area contributed by atoms with Gasteiger partial charge in [0.1, 0.15) is 0 Å². The maximum absolute atomic E-state index is 4.58. The van der Waals surface area contributed by atoms with E-state index in [1.807, 2.05) is 0 Å². The van der Waals surface area contributed by atoms with Crippen LogP contribution in [0.15, 0.2) is 12.1 Å². The van der Waals surface area contributed by atoms with Crippen LogP contribution in [0.1, 0.15) is 55.5 Å². The van der Waals surface area contributed by atoms with Gasteiger partial charge in [-0.05, 0) is 43.4 Å². The van der Waals surface area contributed by atoms with Crippen molar-refractivity contribution in [3.8, 4) is 0 Å². The van der Waals surface area contributed by atoms with Gasteiger partial charge < -0.3 is 0 Å². The van der Waals surface area contributed by atoms with Crippen molar-refractivity contribution in [2.75, 3.05) is 0 Å². The van der Waals surface area contributed by atoms with Gasteiger partial charge in [0.25, 0.3) is 0 Å². The molecule has 13 heavy (non-hydrogen) atoms. The molecule has 1 heteroatoms. The van der Waals surface area contributed by atoms with Crippen LogP contribution in [0.4, 0.5) is 0 Å². The Morgan fingerprint density at radius 1 is 1.31 bits per heavy atom. The number of pyridine rings is 1. The molecule has 0 saturated heterocycles. The molecule has 1 saturated carbocycles. The molecule has 1 aliphatic carbocycles. The Morgan fingerprint density at radius 2 is 2.00 bits per heavy atom. The van der Waals surface area contributed by atoms with Gasteiger partial charge in [0, 0.05) is 17.3 Å². The molecule has 1 aliphatic rings. The minimum Gasteiger partial charge on any atom is -0.258 e. The molecule has 0 aliphatic heterocycles. The molecule has 0 radical (unpaired) electrons. The normalized spacial score (nSPS) is 16.6. The fraction of sp³-hybridized carbons (Fsp3) is 0.583. The Kier molecular flexibility index (Phi) is 2.10. The molecule has 0 aromatic carbocycles. The topological polar surface area (TPSA) is 12.9 Å². The second kappa shape index (κ2) is 3.13. The predicted molar refractivity (Wildman–Crippen MR) is 55.0 cm³/mol. The van der Waals surface area contributed by atoms with Crippen LogP contribution in [0.25, 0.3) is 0 Å². The van der Waals surface area contributed by atoms with Crippen molar-refractivity contribution < 1.29 is 0 Å². The highest BCUT2D eigenvalue weighted by Crippen LogP contribution is 2.39. The Balaban J connectivity index is 2.36. The fourth-order valence-corrected chi connectivity index (χ4v) is 1.64. The summed E-state index contributed by atoms with van der Waals surface area (Å²) in [4.78, 5) is 4.58. The van der Waals surface area contributed by atoms with E-state index in [9.17, 15) is 0 Å². The number of hydrogen-bond donors (Lipinski definition) is 0. The van der Waals surface area contributed by atoms with Gasteiger partial charge in [0.15, 0.2) is 0 Å². The summed E-state index contributed by atoms with van der Waals surface area (Å²) in [5.74, 6) is 1.40. The first-order valence-electron chi connectivity index (χ1n) is 5.15. The summed E-state index contributed by atoms with van der Waals surface area (Å²) in [6.07, 6.45) is 2.68. The summed E-state index contributed by atoms with van der Waals surface area (Å²) in [5.41, 5.74) is 3.94. The third kappa shape index (κ3) is 1.90. The SMILES string of the molecule is Cc1cc(C(C)C)cc(C2CC2)n1. The Bertz CT molecular complexity index is 291. The number of aromatic nitrogens is 1. The summed E-state index contributed by atoms with van der Waals surface area (Å²) in [7, 11) is 0. The largest absolute Gasteiger partial charge is 0.258 e. The summed E-state index contributed by atoms with van der Waals surface area (Å²) < 4.78 is 0. The lowest BCUT2D eigenvalue weighted by atomic mass is 10.0. The van der Waals surface area contributed by atoms with Crippen LogP contribution < -0.4 is 0 Å². The van der Waals surface area contributed by atoms with Crippen molar-refractivity contribution in [2.45, 2.75) is 45.4 Å².